The van der Waals surface area contributed by atoms with E-state index in [1.807, 2.05) is 0 Å². The Labute approximate surface area is 266 Å². The highest BCUT2D eigenvalue weighted by atomic mass is 14.7. The van der Waals surface area contributed by atoms with Gasteiger partial charge in [-0.25, -0.2) is 0 Å². The van der Waals surface area contributed by atoms with Crippen LogP contribution in [0.3, 0.4) is 0 Å². The predicted octanol–water partition coefficient (Wildman–Crippen LogP) is 13.9. The molecule has 0 aliphatic rings. The number of benzene rings is 1. The summed E-state index contributed by atoms with van der Waals surface area (Å²) in [5.74, 6) is 0. The molecule has 0 saturated carbocycles. The second-order valence-electron chi connectivity index (χ2n) is 14.4. The first-order valence-electron chi connectivity index (χ1n) is 19.4. The van der Waals surface area contributed by atoms with Crippen molar-refractivity contribution in [3.63, 3.8) is 0 Å². The van der Waals surface area contributed by atoms with Crippen LogP contribution in [0, 0.1) is 0 Å². The summed E-state index contributed by atoms with van der Waals surface area (Å²) in [6.45, 7) is 8.98. The molecule has 0 bridgehead atoms. The van der Waals surface area contributed by atoms with E-state index >= 15 is 0 Å². The van der Waals surface area contributed by atoms with Crippen molar-refractivity contribution < 1.29 is 0 Å². The molecule has 0 heterocycles. The molecule has 1 nitrogen and oxygen atoms in total. The second-order valence-corrected chi connectivity index (χ2v) is 14.4. The smallest absolute Gasteiger partial charge is 0.0355 e. The van der Waals surface area contributed by atoms with Crippen molar-refractivity contribution in [2.75, 3.05) is 0 Å². The van der Waals surface area contributed by atoms with Gasteiger partial charge in [0.1, 0.15) is 0 Å². The molecule has 0 saturated heterocycles. The minimum absolute atomic E-state index is 0.253. The topological polar surface area (TPSA) is 26.0 Å². The number of hydrogen-bond donors (Lipinski definition) is 1. The highest BCUT2D eigenvalue weighted by Gasteiger charge is 2.20. The van der Waals surface area contributed by atoms with E-state index in [0.717, 1.165) is 0 Å². The maximum absolute atomic E-state index is 6.66. The minimum Gasteiger partial charge on any atom is -0.322 e. The third-order valence-electron chi connectivity index (χ3n) is 9.55. The average molecular weight is 584 g/mol. The Kier molecular flexibility index (Phi) is 25.9. The normalized spacial score (nSPS) is 11.9. The summed E-state index contributed by atoms with van der Waals surface area (Å²) < 4.78 is 0. The van der Waals surface area contributed by atoms with Crippen molar-refractivity contribution in [2.24, 2.45) is 5.73 Å². The lowest BCUT2D eigenvalue weighted by Crippen LogP contribution is -2.30. The summed E-state index contributed by atoms with van der Waals surface area (Å²) in [6.07, 6.45) is 42.3. The van der Waals surface area contributed by atoms with E-state index in [1.54, 1.807) is 11.1 Å². The largest absolute Gasteiger partial charge is 0.322 e. The standard InChI is InChI=1S/C41H77N/c1-5-7-9-11-13-15-17-19-21-23-25-27-29-31-34-38-35-33-37-40(41(3,4)42)39(38)36-32-30-28-26-24-22-20-18-16-14-12-10-8-6-2/h33,35,37H,5-32,34,36,42H2,1-4H3. The van der Waals surface area contributed by atoms with E-state index in [0.29, 0.717) is 0 Å². The van der Waals surface area contributed by atoms with Crippen LogP contribution in [-0.4, -0.2) is 0 Å². The lowest BCUT2D eigenvalue weighted by Gasteiger charge is -2.25. The van der Waals surface area contributed by atoms with Crippen molar-refractivity contribution in [1.29, 1.82) is 0 Å². The van der Waals surface area contributed by atoms with Gasteiger partial charge in [0.05, 0.1) is 0 Å². The van der Waals surface area contributed by atoms with Gasteiger partial charge in [0.15, 0.2) is 0 Å². The molecule has 1 aromatic rings. The summed E-state index contributed by atoms with van der Waals surface area (Å²) in [4.78, 5) is 0. The van der Waals surface area contributed by atoms with Crippen LogP contribution in [0.2, 0.25) is 0 Å². The second kappa shape index (κ2) is 27.7. The van der Waals surface area contributed by atoms with Crippen LogP contribution in [0.25, 0.3) is 0 Å². The molecule has 1 heteroatoms. The minimum atomic E-state index is -0.253. The van der Waals surface area contributed by atoms with Crippen molar-refractivity contribution in [1.82, 2.24) is 0 Å². The Balaban J connectivity index is 2.19. The molecule has 0 unspecified atom stereocenters. The molecule has 2 N–H and O–H groups in total. The van der Waals surface area contributed by atoms with Gasteiger partial charge >= 0.3 is 0 Å². The van der Waals surface area contributed by atoms with Gasteiger partial charge in [-0.3, -0.25) is 0 Å². The maximum atomic E-state index is 6.66. The molecule has 0 aliphatic carbocycles. The monoisotopic (exact) mass is 584 g/mol. The van der Waals surface area contributed by atoms with Crippen LogP contribution in [0.5, 0.6) is 0 Å². The molecule has 0 radical (unpaired) electrons. The zero-order valence-corrected chi connectivity index (χ0v) is 29.5. The summed E-state index contributed by atoms with van der Waals surface area (Å²) >= 11 is 0. The van der Waals surface area contributed by atoms with E-state index in [9.17, 15) is 0 Å². The van der Waals surface area contributed by atoms with Crippen LogP contribution < -0.4 is 5.73 Å². The predicted molar refractivity (Wildman–Crippen MR) is 192 cm³/mol. The first-order valence-corrected chi connectivity index (χ1v) is 19.4. The van der Waals surface area contributed by atoms with Gasteiger partial charge in [0.25, 0.3) is 0 Å². The SMILES string of the molecule is CCCCCCCCCCCCCCCCc1cccc(C(C)(C)N)c1CCCCCCCCCCCCCCCC. The molecule has 0 spiro atoms. The Morgan fingerprint density at radius 3 is 1.07 bits per heavy atom. The van der Waals surface area contributed by atoms with Crippen molar-refractivity contribution in [2.45, 2.75) is 226 Å². The molecule has 1 aromatic carbocycles. The Morgan fingerprint density at radius 1 is 0.429 bits per heavy atom. The number of hydrogen-bond acceptors (Lipinski definition) is 1. The number of nitrogens with two attached hydrogens (primary N) is 1. The van der Waals surface area contributed by atoms with Crippen LogP contribution >= 0.6 is 0 Å². The lowest BCUT2D eigenvalue weighted by molar-refractivity contribution is 0.528. The number of unbranched alkanes of at least 4 members (excludes halogenated alkanes) is 26. The van der Waals surface area contributed by atoms with E-state index < -0.39 is 0 Å². The summed E-state index contributed by atoms with van der Waals surface area (Å²) in [7, 11) is 0. The molecule has 1 rings (SSSR count). The summed E-state index contributed by atoms with van der Waals surface area (Å²) in [6, 6.07) is 6.96. The third kappa shape index (κ3) is 21.8. The van der Waals surface area contributed by atoms with Crippen molar-refractivity contribution >= 4 is 0 Å². The number of rotatable bonds is 31. The molecule has 246 valence electrons. The van der Waals surface area contributed by atoms with E-state index in [1.165, 1.54) is 198 Å². The fraction of sp³-hybridized carbons (Fsp3) is 0.854. The van der Waals surface area contributed by atoms with Crippen LogP contribution in [0.1, 0.15) is 224 Å². The van der Waals surface area contributed by atoms with Crippen LogP contribution in [-0.2, 0) is 18.4 Å². The van der Waals surface area contributed by atoms with Crippen LogP contribution in [0.15, 0.2) is 18.2 Å². The van der Waals surface area contributed by atoms with E-state index in [4.69, 9.17) is 5.73 Å². The zero-order valence-electron chi connectivity index (χ0n) is 29.5. The molecule has 0 atom stereocenters. The molecule has 0 aromatic heterocycles. The highest BCUT2D eigenvalue weighted by Crippen LogP contribution is 2.28. The first-order chi connectivity index (χ1) is 20.5. The first kappa shape index (κ1) is 39.2. The number of aryl methyl sites for hydroxylation is 1. The Morgan fingerprint density at radius 2 is 0.738 bits per heavy atom. The van der Waals surface area contributed by atoms with Gasteiger partial charge in [-0.05, 0) is 56.2 Å². The molecular weight excluding hydrogens is 506 g/mol. The quantitative estimate of drug-likeness (QED) is 0.0864. The zero-order chi connectivity index (χ0) is 30.6. The van der Waals surface area contributed by atoms with Gasteiger partial charge in [-0.1, -0.05) is 199 Å². The molecule has 0 amide bonds. The van der Waals surface area contributed by atoms with Crippen LogP contribution in [0.4, 0.5) is 0 Å². The Bertz CT molecular complexity index is 699. The van der Waals surface area contributed by atoms with Gasteiger partial charge in [-0.2, -0.15) is 0 Å². The third-order valence-corrected chi connectivity index (χ3v) is 9.55. The van der Waals surface area contributed by atoms with Crippen molar-refractivity contribution in [3.8, 4) is 0 Å². The van der Waals surface area contributed by atoms with Crippen molar-refractivity contribution in [3.05, 3.63) is 34.9 Å². The summed E-state index contributed by atoms with van der Waals surface area (Å²) in [5, 5.41) is 0. The summed E-state index contributed by atoms with van der Waals surface area (Å²) in [5.41, 5.74) is 11.0. The van der Waals surface area contributed by atoms with Gasteiger partial charge in [0, 0.05) is 5.54 Å². The molecule has 0 fully saturated rings. The fourth-order valence-electron chi connectivity index (χ4n) is 6.77. The van der Waals surface area contributed by atoms with E-state index in [-0.39, 0.29) is 5.54 Å². The molecule has 42 heavy (non-hydrogen) atoms. The fourth-order valence-corrected chi connectivity index (χ4v) is 6.77. The van der Waals surface area contributed by atoms with Gasteiger partial charge in [-0.15, -0.1) is 0 Å². The average Bonchev–Trinajstić information content (AvgIpc) is 2.97. The molecule has 0 aliphatic heterocycles. The lowest BCUT2D eigenvalue weighted by atomic mass is 9.84. The van der Waals surface area contributed by atoms with Gasteiger partial charge in [0.2, 0.25) is 0 Å². The Hall–Kier alpha value is -0.820. The van der Waals surface area contributed by atoms with Gasteiger partial charge < -0.3 is 5.73 Å². The maximum Gasteiger partial charge on any atom is 0.0355 e. The highest BCUT2D eigenvalue weighted by molar-refractivity contribution is 5.39. The van der Waals surface area contributed by atoms with E-state index in [2.05, 4.69) is 45.9 Å². The molecular formula is C41H77N.